The van der Waals surface area contributed by atoms with Crippen molar-refractivity contribution in [1.82, 2.24) is 0 Å². The van der Waals surface area contributed by atoms with E-state index >= 15 is 0 Å². The van der Waals surface area contributed by atoms with Crippen LogP contribution in [-0.2, 0) is 14.4 Å². The Labute approximate surface area is 106 Å². The standard InChI is InChI=1S/C8H16O2.C4H4O4/c1-3-5-6-7(4-2)8(9)10;5-3(6)1-2-4(7)8/h7H,3-6H2,1-2H3,(H,9,10);1-2H,(H,5,6)(H,7,8)/b;2-1-. The lowest BCUT2D eigenvalue weighted by atomic mass is 10.00. The molecule has 0 saturated heterocycles. The molecule has 0 spiro atoms. The second-order valence-electron chi connectivity index (χ2n) is 3.60. The maximum atomic E-state index is 10.4. The highest BCUT2D eigenvalue weighted by Gasteiger charge is 2.12. The number of hydrogen-bond donors (Lipinski definition) is 3. The van der Waals surface area contributed by atoms with E-state index in [1.165, 1.54) is 0 Å². The smallest absolute Gasteiger partial charge is 0.328 e. The first kappa shape index (κ1) is 18.5. The van der Waals surface area contributed by atoms with Crippen LogP contribution >= 0.6 is 0 Å². The van der Waals surface area contributed by atoms with E-state index in [9.17, 15) is 14.4 Å². The van der Waals surface area contributed by atoms with Gasteiger partial charge >= 0.3 is 17.9 Å². The average molecular weight is 260 g/mol. The van der Waals surface area contributed by atoms with Crippen LogP contribution in [0.4, 0.5) is 0 Å². The van der Waals surface area contributed by atoms with Gasteiger partial charge in [0.2, 0.25) is 0 Å². The molecule has 0 fully saturated rings. The van der Waals surface area contributed by atoms with Gasteiger partial charge in [-0.15, -0.1) is 0 Å². The average Bonchev–Trinajstić information content (AvgIpc) is 2.28. The molecule has 1 atom stereocenters. The lowest BCUT2D eigenvalue weighted by Crippen LogP contribution is -2.11. The van der Waals surface area contributed by atoms with Crippen LogP contribution in [0.1, 0.15) is 39.5 Å². The minimum absolute atomic E-state index is 0.111. The molecule has 18 heavy (non-hydrogen) atoms. The lowest BCUT2D eigenvalue weighted by Gasteiger charge is -2.06. The van der Waals surface area contributed by atoms with Crippen molar-refractivity contribution in [2.45, 2.75) is 39.5 Å². The first-order valence-electron chi connectivity index (χ1n) is 5.71. The number of carboxylic acid groups (broad SMARTS) is 3. The minimum Gasteiger partial charge on any atom is -0.481 e. The lowest BCUT2D eigenvalue weighted by molar-refractivity contribution is -0.142. The zero-order valence-electron chi connectivity index (χ0n) is 10.6. The highest BCUT2D eigenvalue weighted by molar-refractivity contribution is 5.89. The first-order valence-corrected chi connectivity index (χ1v) is 5.71. The van der Waals surface area contributed by atoms with Gasteiger partial charge in [-0.05, 0) is 12.8 Å². The third-order valence-corrected chi connectivity index (χ3v) is 2.12. The molecule has 0 amide bonds. The molecule has 0 aliphatic heterocycles. The van der Waals surface area contributed by atoms with Gasteiger partial charge in [-0.2, -0.15) is 0 Å². The molecule has 0 heterocycles. The van der Waals surface area contributed by atoms with E-state index in [4.69, 9.17) is 15.3 Å². The summed E-state index contributed by atoms with van der Waals surface area (Å²) in [4.78, 5) is 29.5. The minimum atomic E-state index is -1.26. The Balaban J connectivity index is 0. The fraction of sp³-hybridized carbons (Fsp3) is 0.583. The topological polar surface area (TPSA) is 112 Å². The molecule has 0 bridgehead atoms. The van der Waals surface area contributed by atoms with Crippen molar-refractivity contribution < 1.29 is 29.7 Å². The Morgan fingerprint density at radius 3 is 1.67 bits per heavy atom. The highest BCUT2D eigenvalue weighted by Crippen LogP contribution is 2.11. The van der Waals surface area contributed by atoms with Gasteiger partial charge in [0.15, 0.2) is 0 Å². The van der Waals surface area contributed by atoms with Crippen LogP contribution in [-0.4, -0.2) is 33.2 Å². The van der Waals surface area contributed by atoms with E-state index in [0.29, 0.717) is 12.2 Å². The molecule has 1 unspecified atom stereocenters. The Kier molecular flexibility index (Phi) is 12.0. The van der Waals surface area contributed by atoms with Gasteiger partial charge in [-0.3, -0.25) is 4.79 Å². The van der Waals surface area contributed by atoms with E-state index in [2.05, 4.69) is 6.92 Å². The van der Waals surface area contributed by atoms with E-state index in [0.717, 1.165) is 25.7 Å². The molecule has 0 aromatic rings. The molecule has 0 aliphatic carbocycles. The van der Waals surface area contributed by atoms with Crippen molar-refractivity contribution in [3.8, 4) is 0 Å². The van der Waals surface area contributed by atoms with Crippen molar-refractivity contribution in [3.63, 3.8) is 0 Å². The van der Waals surface area contributed by atoms with E-state index in [1.807, 2.05) is 6.92 Å². The van der Waals surface area contributed by atoms with Crippen molar-refractivity contribution in [3.05, 3.63) is 12.2 Å². The van der Waals surface area contributed by atoms with Crippen LogP contribution in [0.25, 0.3) is 0 Å². The number of carboxylic acids is 3. The Morgan fingerprint density at radius 2 is 1.44 bits per heavy atom. The van der Waals surface area contributed by atoms with Crippen LogP contribution < -0.4 is 0 Å². The Hall–Kier alpha value is -1.85. The summed E-state index contributed by atoms with van der Waals surface area (Å²) in [5.74, 6) is -3.27. The Morgan fingerprint density at radius 1 is 1.00 bits per heavy atom. The quantitative estimate of drug-likeness (QED) is 0.603. The van der Waals surface area contributed by atoms with Gasteiger partial charge in [-0.25, -0.2) is 9.59 Å². The fourth-order valence-electron chi connectivity index (χ4n) is 1.10. The zero-order valence-corrected chi connectivity index (χ0v) is 10.6. The number of unbranched alkanes of at least 4 members (excludes halogenated alkanes) is 1. The molecule has 104 valence electrons. The summed E-state index contributed by atoms with van der Waals surface area (Å²) in [5, 5.41) is 24.2. The normalized spacial score (nSPS) is 11.4. The van der Waals surface area contributed by atoms with E-state index in [1.54, 1.807) is 0 Å². The first-order chi connectivity index (χ1) is 8.34. The van der Waals surface area contributed by atoms with Gasteiger partial charge < -0.3 is 15.3 Å². The van der Waals surface area contributed by atoms with Crippen molar-refractivity contribution >= 4 is 17.9 Å². The molecule has 0 aliphatic rings. The van der Waals surface area contributed by atoms with Gasteiger partial charge in [-0.1, -0.05) is 26.7 Å². The van der Waals surface area contributed by atoms with Gasteiger partial charge in [0, 0.05) is 12.2 Å². The van der Waals surface area contributed by atoms with Crippen LogP contribution in [0.3, 0.4) is 0 Å². The van der Waals surface area contributed by atoms with Crippen molar-refractivity contribution in [2.24, 2.45) is 5.92 Å². The summed E-state index contributed by atoms with van der Waals surface area (Å²) >= 11 is 0. The molecular weight excluding hydrogens is 240 g/mol. The van der Waals surface area contributed by atoms with Crippen molar-refractivity contribution in [2.75, 3.05) is 0 Å². The SMILES string of the molecule is CCCCC(CC)C(=O)O.O=C(O)/C=C\C(=O)O. The summed E-state index contributed by atoms with van der Waals surface area (Å²) < 4.78 is 0. The van der Waals surface area contributed by atoms with Gasteiger partial charge in [0.25, 0.3) is 0 Å². The second-order valence-corrected chi connectivity index (χ2v) is 3.60. The molecule has 0 rings (SSSR count). The molecule has 0 radical (unpaired) electrons. The molecule has 3 N–H and O–H groups in total. The molecule has 6 heteroatoms. The number of hydrogen-bond acceptors (Lipinski definition) is 3. The maximum absolute atomic E-state index is 10.4. The van der Waals surface area contributed by atoms with Crippen LogP contribution in [0.15, 0.2) is 12.2 Å². The third kappa shape index (κ3) is 14.1. The number of carbonyl (C=O) groups is 3. The fourth-order valence-corrected chi connectivity index (χ4v) is 1.10. The van der Waals surface area contributed by atoms with Crippen LogP contribution in [0, 0.1) is 5.92 Å². The third-order valence-electron chi connectivity index (χ3n) is 2.12. The summed E-state index contributed by atoms with van der Waals surface area (Å²) in [5.41, 5.74) is 0. The predicted octanol–water partition coefficient (Wildman–Crippen LogP) is 2.00. The van der Waals surface area contributed by atoms with E-state index < -0.39 is 17.9 Å². The molecule has 0 saturated carbocycles. The summed E-state index contributed by atoms with van der Waals surface area (Å²) in [6, 6.07) is 0. The van der Waals surface area contributed by atoms with Gasteiger partial charge in [0.1, 0.15) is 0 Å². The molecule has 0 aromatic heterocycles. The summed E-state index contributed by atoms with van der Waals surface area (Å²) in [7, 11) is 0. The van der Waals surface area contributed by atoms with Crippen molar-refractivity contribution in [1.29, 1.82) is 0 Å². The zero-order chi connectivity index (χ0) is 14.6. The second kappa shape index (κ2) is 11.6. The predicted molar refractivity (Wildman–Crippen MR) is 65.4 cm³/mol. The van der Waals surface area contributed by atoms with Crippen LogP contribution in [0.2, 0.25) is 0 Å². The maximum Gasteiger partial charge on any atom is 0.328 e. The Bertz CT molecular complexity index is 279. The highest BCUT2D eigenvalue weighted by atomic mass is 16.4. The molecular formula is C12H20O6. The monoisotopic (exact) mass is 260 g/mol. The largest absolute Gasteiger partial charge is 0.481 e. The summed E-state index contributed by atoms with van der Waals surface area (Å²) in [6.07, 6.45) is 4.83. The number of rotatable bonds is 7. The number of aliphatic carboxylic acids is 3. The van der Waals surface area contributed by atoms with Crippen LogP contribution in [0.5, 0.6) is 0 Å². The molecule has 0 aromatic carbocycles. The molecule has 6 nitrogen and oxygen atoms in total. The summed E-state index contributed by atoms with van der Waals surface area (Å²) in [6.45, 7) is 4.00. The van der Waals surface area contributed by atoms with E-state index in [-0.39, 0.29) is 5.92 Å². The van der Waals surface area contributed by atoms with Gasteiger partial charge in [0.05, 0.1) is 5.92 Å².